The topological polar surface area (TPSA) is 121 Å². The molecule has 1 aromatic carbocycles. The van der Waals surface area contributed by atoms with Crippen molar-refractivity contribution in [2.75, 3.05) is 6.61 Å². The van der Waals surface area contributed by atoms with E-state index in [-0.39, 0.29) is 0 Å². The van der Waals surface area contributed by atoms with Crippen LogP contribution in [0.25, 0.3) is 10.9 Å². The highest BCUT2D eigenvalue weighted by Crippen LogP contribution is 2.29. The molecule has 1 amide bonds. The Labute approximate surface area is 150 Å². The summed E-state index contributed by atoms with van der Waals surface area (Å²) in [5.74, 6) is -0.000353. The number of nitrogens with one attached hydrogen (secondary N) is 1. The van der Waals surface area contributed by atoms with Crippen molar-refractivity contribution in [3.05, 3.63) is 36.0 Å². The molecule has 8 heteroatoms. The molecule has 0 unspecified atom stereocenters. The number of aryl methyl sites for hydroxylation is 1. The number of carbonyl (C=O) groups is 1. The molecule has 1 aliphatic rings. The fourth-order valence-corrected chi connectivity index (χ4v) is 3.08. The zero-order valence-electron chi connectivity index (χ0n) is 14.5. The molecular formula is C18H22N2O6. The molecule has 26 heavy (non-hydrogen) atoms. The molecule has 0 bridgehead atoms. The maximum absolute atomic E-state index is 11.5. The van der Waals surface area contributed by atoms with Gasteiger partial charge in [0.1, 0.15) is 35.6 Å². The van der Waals surface area contributed by atoms with Crippen LogP contribution >= 0.6 is 0 Å². The number of aliphatic hydroxyl groups is 3. The van der Waals surface area contributed by atoms with Gasteiger partial charge >= 0.3 is 0 Å². The van der Waals surface area contributed by atoms with Gasteiger partial charge in [-0.2, -0.15) is 0 Å². The minimum Gasteiger partial charge on any atom is -0.460 e. The Morgan fingerprint density at radius 2 is 2.08 bits per heavy atom. The van der Waals surface area contributed by atoms with Crippen molar-refractivity contribution in [1.29, 1.82) is 0 Å². The summed E-state index contributed by atoms with van der Waals surface area (Å²) in [5.41, 5.74) is 1.63. The molecule has 0 saturated carbocycles. The number of amides is 1. The second kappa shape index (κ2) is 7.55. The average molecular weight is 362 g/mol. The number of carbonyl (C=O) groups excluding carboxylic acids is 1. The lowest BCUT2D eigenvalue weighted by atomic mass is 9.97. The van der Waals surface area contributed by atoms with Crippen molar-refractivity contribution in [1.82, 2.24) is 10.3 Å². The number of pyridine rings is 1. The van der Waals surface area contributed by atoms with E-state index in [0.717, 1.165) is 10.9 Å². The second-order valence-corrected chi connectivity index (χ2v) is 6.33. The number of hydrogen-bond donors (Lipinski definition) is 4. The van der Waals surface area contributed by atoms with Gasteiger partial charge in [0, 0.05) is 18.5 Å². The van der Waals surface area contributed by atoms with Gasteiger partial charge in [0.2, 0.25) is 12.2 Å². The van der Waals surface area contributed by atoms with E-state index in [0.29, 0.717) is 11.3 Å². The monoisotopic (exact) mass is 362 g/mol. The van der Waals surface area contributed by atoms with Crippen LogP contribution in [-0.4, -0.2) is 63.5 Å². The Kier molecular flexibility index (Phi) is 5.38. The molecule has 1 saturated heterocycles. The summed E-state index contributed by atoms with van der Waals surface area (Å²) in [5, 5.41) is 33.2. The van der Waals surface area contributed by atoms with E-state index in [1.807, 2.05) is 19.1 Å². The molecular weight excluding hydrogens is 340 g/mol. The zero-order valence-corrected chi connectivity index (χ0v) is 14.5. The van der Waals surface area contributed by atoms with Crippen LogP contribution in [0, 0.1) is 6.92 Å². The van der Waals surface area contributed by atoms with Gasteiger partial charge in [0.05, 0.1) is 6.61 Å². The SMILES string of the molecule is CC(=O)N[C@H]1[C@H](Oc2cccc3c(C)ccnc23)O[C@H](CO)[C@H](O)[C@@H]1O. The Balaban J connectivity index is 1.95. The number of benzene rings is 1. The van der Waals surface area contributed by atoms with Crippen molar-refractivity contribution in [3.63, 3.8) is 0 Å². The maximum Gasteiger partial charge on any atom is 0.223 e. The molecule has 1 aromatic heterocycles. The first-order chi connectivity index (χ1) is 12.4. The van der Waals surface area contributed by atoms with E-state index in [1.165, 1.54) is 6.92 Å². The van der Waals surface area contributed by atoms with Crippen molar-refractivity contribution in [2.24, 2.45) is 0 Å². The third-order valence-electron chi connectivity index (χ3n) is 4.45. The molecule has 2 heterocycles. The standard InChI is InChI=1S/C18H22N2O6/c1-9-6-7-19-14-11(9)4-3-5-12(14)25-18-15(20-10(2)22)17(24)16(23)13(8-21)26-18/h3-7,13,15-18,21,23-24H,8H2,1-2H3,(H,20,22)/t13-,15-,16+,17-,18-/m1/s1. The Morgan fingerprint density at radius 3 is 2.77 bits per heavy atom. The van der Waals surface area contributed by atoms with Gasteiger partial charge in [-0.05, 0) is 24.6 Å². The number of para-hydroxylation sites is 1. The summed E-state index contributed by atoms with van der Waals surface area (Å²) < 4.78 is 11.5. The lowest BCUT2D eigenvalue weighted by Gasteiger charge is -2.42. The van der Waals surface area contributed by atoms with Crippen molar-refractivity contribution in [3.8, 4) is 5.75 Å². The van der Waals surface area contributed by atoms with E-state index < -0.39 is 43.2 Å². The highest BCUT2D eigenvalue weighted by atomic mass is 16.7. The van der Waals surface area contributed by atoms with Crippen LogP contribution in [0.2, 0.25) is 0 Å². The number of nitrogens with zero attached hydrogens (tertiary/aromatic N) is 1. The van der Waals surface area contributed by atoms with Crippen LogP contribution in [-0.2, 0) is 9.53 Å². The van der Waals surface area contributed by atoms with Crippen LogP contribution in [0.4, 0.5) is 0 Å². The largest absolute Gasteiger partial charge is 0.460 e. The van der Waals surface area contributed by atoms with Crippen LogP contribution < -0.4 is 10.1 Å². The third kappa shape index (κ3) is 3.49. The Bertz CT molecular complexity index is 798. The first-order valence-corrected chi connectivity index (χ1v) is 8.33. The first kappa shape index (κ1) is 18.5. The molecule has 2 aromatic rings. The van der Waals surface area contributed by atoms with Gasteiger partial charge in [-0.25, -0.2) is 0 Å². The van der Waals surface area contributed by atoms with E-state index in [9.17, 15) is 20.1 Å². The number of aromatic nitrogens is 1. The minimum atomic E-state index is -1.36. The minimum absolute atomic E-state index is 0.409. The van der Waals surface area contributed by atoms with Crippen molar-refractivity contribution < 1.29 is 29.6 Å². The zero-order chi connectivity index (χ0) is 18.8. The van der Waals surface area contributed by atoms with Crippen LogP contribution in [0.5, 0.6) is 5.75 Å². The predicted molar refractivity (Wildman–Crippen MR) is 92.5 cm³/mol. The molecule has 1 fully saturated rings. The van der Waals surface area contributed by atoms with Gasteiger partial charge in [-0.15, -0.1) is 0 Å². The van der Waals surface area contributed by atoms with Gasteiger partial charge in [-0.3, -0.25) is 9.78 Å². The number of rotatable bonds is 4. The van der Waals surface area contributed by atoms with Gasteiger partial charge in [-0.1, -0.05) is 12.1 Å². The number of hydrogen-bond acceptors (Lipinski definition) is 7. The maximum atomic E-state index is 11.5. The number of ether oxygens (including phenoxy) is 2. The van der Waals surface area contributed by atoms with E-state index in [4.69, 9.17) is 9.47 Å². The molecule has 0 spiro atoms. The lowest BCUT2D eigenvalue weighted by molar-refractivity contribution is -0.244. The molecule has 3 rings (SSSR count). The van der Waals surface area contributed by atoms with Crippen LogP contribution in [0.1, 0.15) is 12.5 Å². The summed E-state index contributed by atoms with van der Waals surface area (Å²) >= 11 is 0. The summed E-state index contributed by atoms with van der Waals surface area (Å²) in [6, 6.07) is 6.29. The molecule has 0 aliphatic carbocycles. The highest BCUT2D eigenvalue weighted by Gasteiger charge is 2.46. The summed E-state index contributed by atoms with van der Waals surface area (Å²) in [6.45, 7) is 2.74. The molecule has 1 aliphatic heterocycles. The van der Waals surface area contributed by atoms with Crippen molar-refractivity contribution in [2.45, 2.75) is 44.5 Å². The first-order valence-electron chi connectivity index (χ1n) is 8.33. The third-order valence-corrected chi connectivity index (χ3v) is 4.45. The Morgan fingerprint density at radius 1 is 1.31 bits per heavy atom. The molecule has 5 atom stereocenters. The second-order valence-electron chi connectivity index (χ2n) is 6.33. The van der Waals surface area contributed by atoms with Crippen LogP contribution in [0.3, 0.4) is 0 Å². The predicted octanol–water partition coefficient (Wildman–Crippen LogP) is -0.134. The van der Waals surface area contributed by atoms with E-state index in [1.54, 1.807) is 18.3 Å². The molecule has 4 N–H and O–H groups in total. The van der Waals surface area contributed by atoms with E-state index >= 15 is 0 Å². The normalized spacial score (nSPS) is 28.7. The van der Waals surface area contributed by atoms with Crippen LogP contribution in [0.15, 0.2) is 30.5 Å². The highest BCUT2D eigenvalue weighted by molar-refractivity contribution is 5.87. The van der Waals surface area contributed by atoms with Gasteiger partial charge in [0.15, 0.2) is 0 Å². The molecule has 140 valence electrons. The van der Waals surface area contributed by atoms with Gasteiger partial charge in [0.25, 0.3) is 0 Å². The summed E-state index contributed by atoms with van der Waals surface area (Å²) in [4.78, 5) is 15.8. The smallest absolute Gasteiger partial charge is 0.223 e. The average Bonchev–Trinajstić information content (AvgIpc) is 2.61. The van der Waals surface area contributed by atoms with Gasteiger partial charge < -0.3 is 30.1 Å². The molecule has 8 nitrogen and oxygen atoms in total. The van der Waals surface area contributed by atoms with Crippen molar-refractivity contribution >= 4 is 16.8 Å². The quantitative estimate of drug-likeness (QED) is 0.598. The number of aliphatic hydroxyl groups excluding tert-OH is 3. The summed E-state index contributed by atoms with van der Waals surface area (Å²) in [6.07, 6.45) is -3.21. The fourth-order valence-electron chi connectivity index (χ4n) is 3.08. The number of fused-ring (bicyclic) bond motifs is 1. The summed E-state index contributed by atoms with van der Waals surface area (Å²) in [7, 11) is 0. The lowest BCUT2D eigenvalue weighted by Crippen LogP contribution is -2.65. The molecule has 0 radical (unpaired) electrons. The Hall–Kier alpha value is -2.26. The van der Waals surface area contributed by atoms with E-state index in [2.05, 4.69) is 10.3 Å². The fraction of sp³-hybridized carbons (Fsp3) is 0.444.